The molecule has 7 heteroatoms. The third-order valence-corrected chi connectivity index (χ3v) is 3.11. The van der Waals surface area contributed by atoms with E-state index < -0.39 is 5.82 Å². The van der Waals surface area contributed by atoms with Gasteiger partial charge in [-0.2, -0.15) is 0 Å². The van der Waals surface area contributed by atoms with Crippen molar-refractivity contribution in [2.24, 2.45) is 5.73 Å². The Bertz CT molecular complexity index is 499. The molecule has 0 heterocycles. The number of halogens is 2. The van der Waals surface area contributed by atoms with E-state index in [9.17, 15) is 9.18 Å². The van der Waals surface area contributed by atoms with Gasteiger partial charge in [0.1, 0.15) is 0 Å². The second-order valence-electron chi connectivity index (χ2n) is 4.18. The molecule has 0 aliphatic rings. The summed E-state index contributed by atoms with van der Waals surface area (Å²) in [4.78, 5) is 13.6. The van der Waals surface area contributed by atoms with Crippen LogP contribution in [0.2, 0.25) is 5.02 Å². The third-order valence-electron chi connectivity index (χ3n) is 2.61. The summed E-state index contributed by atoms with van der Waals surface area (Å²) in [5, 5.41) is -0.0117. The molecule has 1 aromatic carbocycles. The zero-order valence-corrected chi connectivity index (χ0v) is 12.6. The molecule has 0 aliphatic heterocycles. The topological polar surface area (TPSA) is 55.6 Å². The van der Waals surface area contributed by atoms with Gasteiger partial charge in [-0.05, 0) is 12.1 Å². The van der Waals surface area contributed by atoms with Gasteiger partial charge >= 0.3 is 0 Å². The monoisotopic (exact) mass is 318 g/mol. The number of hydrogen-bond donors (Lipinski definition) is 1. The largest absolute Gasteiger partial charge is 0.490 e. The number of nitrogens with two attached hydrogens (primary N) is 1. The van der Waals surface area contributed by atoms with Crippen LogP contribution in [0.1, 0.15) is 12.8 Å². The van der Waals surface area contributed by atoms with Gasteiger partial charge in [0.2, 0.25) is 5.91 Å². The van der Waals surface area contributed by atoms with Crippen LogP contribution < -0.4 is 10.5 Å². The second kappa shape index (κ2) is 8.01. The first kappa shape index (κ1) is 16.7. The number of nitrogens with zero attached hydrogens (tertiary/aromatic N) is 1. The summed E-state index contributed by atoms with van der Waals surface area (Å²) in [6, 6.07) is 4.47. The van der Waals surface area contributed by atoms with E-state index in [4.69, 9.17) is 34.3 Å². The minimum absolute atomic E-state index is 0.0117. The van der Waals surface area contributed by atoms with E-state index in [2.05, 4.69) is 0 Å². The molecular formula is C13H16ClFN2O2S. The molecule has 0 radical (unpaired) electrons. The number of carbonyl (C=O) groups is 1. The second-order valence-corrected chi connectivity index (χ2v) is 5.11. The maximum atomic E-state index is 13.5. The predicted octanol–water partition coefficient (Wildman–Crippen LogP) is 2.38. The molecular weight excluding hydrogens is 303 g/mol. The Morgan fingerprint density at radius 3 is 2.85 bits per heavy atom. The Balaban J connectivity index is 2.38. The first-order chi connectivity index (χ1) is 9.41. The van der Waals surface area contributed by atoms with Gasteiger partial charge in [-0.25, -0.2) is 4.39 Å². The molecule has 1 rings (SSSR count). The van der Waals surface area contributed by atoms with Gasteiger partial charge in [-0.1, -0.05) is 29.9 Å². The molecule has 0 atom stereocenters. The predicted molar refractivity (Wildman–Crippen MR) is 80.6 cm³/mol. The van der Waals surface area contributed by atoms with Crippen molar-refractivity contribution in [2.75, 3.05) is 20.2 Å². The molecule has 20 heavy (non-hydrogen) atoms. The number of thiocarbonyl (C=S) groups is 1. The Kier molecular flexibility index (Phi) is 6.67. The molecule has 0 saturated carbocycles. The van der Waals surface area contributed by atoms with Crippen LogP contribution in [0.3, 0.4) is 0 Å². The minimum atomic E-state index is -0.622. The lowest BCUT2D eigenvalue weighted by molar-refractivity contribution is -0.130. The van der Waals surface area contributed by atoms with Crippen molar-refractivity contribution < 1.29 is 13.9 Å². The summed E-state index contributed by atoms with van der Waals surface area (Å²) in [5.74, 6) is -0.705. The molecule has 1 amide bonds. The van der Waals surface area contributed by atoms with Crippen LogP contribution in [0.25, 0.3) is 0 Å². The van der Waals surface area contributed by atoms with Crippen molar-refractivity contribution in [3.05, 3.63) is 29.0 Å². The third kappa shape index (κ3) is 5.30. The smallest absolute Gasteiger partial charge is 0.225 e. The normalized spacial score (nSPS) is 10.2. The van der Waals surface area contributed by atoms with Crippen LogP contribution >= 0.6 is 23.8 Å². The lowest BCUT2D eigenvalue weighted by Gasteiger charge is -2.17. The molecule has 0 saturated heterocycles. The van der Waals surface area contributed by atoms with Crippen LogP contribution in [-0.2, 0) is 4.79 Å². The zero-order chi connectivity index (χ0) is 15.1. The molecule has 0 bridgehead atoms. The molecule has 1 aromatic rings. The van der Waals surface area contributed by atoms with Crippen LogP contribution in [0.15, 0.2) is 18.2 Å². The van der Waals surface area contributed by atoms with Crippen molar-refractivity contribution in [1.82, 2.24) is 4.90 Å². The van der Waals surface area contributed by atoms with Gasteiger partial charge in [0.25, 0.3) is 0 Å². The summed E-state index contributed by atoms with van der Waals surface area (Å²) in [6.45, 7) is 0.535. The Hall–Kier alpha value is -1.40. The van der Waals surface area contributed by atoms with Crippen molar-refractivity contribution in [3.63, 3.8) is 0 Å². The number of benzene rings is 1. The molecule has 0 unspecified atom stereocenters. The summed E-state index contributed by atoms with van der Waals surface area (Å²) < 4.78 is 18.7. The zero-order valence-electron chi connectivity index (χ0n) is 11.1. The van der Waals surface area contributed by atoms with Crippen molar-refractivity contribution in [2.45, 2.75) is 12.8 Å². The summed E-state index contributed by atoms with van der Waals surface area (Å²) in [5.41, 5.74) is 5.36. The fraction of sp³-hybridized carbons (Fsp3) is 0.385. The molecule has 0 fully saturated rings. The fourth-order valence-corrected chi connectivity index (χ4v) is 1.69. The lowest BCUT2D eigenvalue weighted by atomic mass is 10.3. The molecule has 0 aliphatic carbocycles. The van der Waals surface area contributed by atoms with E-state index in [1.54, 1.807) is 13.1 Å². The van der Waals surface area contributed by atoms with E-state index in [0.717, 1.165) is 0 Å². The quantitative estimate of drug-likeness (QED) is 0.784. The minimum Gasteiger partial charge on any atom is -0.490 e. The van der Waals surface area contributed by atoms with E-state index in [-0.39, 0.29) is 29.7 Å². The van der Waals surface area contributed by atoms with Crippen LogP contribution in [0.4, 0.5) is 4.39 Å². The van der Waals surface area contributed by atoms with E-state index in [1.165, 1.54) is 17.0 Å². The number of carbonyl (C=O) groups excluding carboxylic acids is 1. The Morgan fingerprint density at radius 2 is 2.20 bits per heavy atom. The van der Waals surface area contributed by atoms with Gasteiger partial charge in [0.05, 0.1) is 23.0 Å². The van der Waals surface area contributed by atoms with E-state index >= 15 is 0 Å². The summed E-state index contributed by atoms with van der Waals surface area (Å²) in [6.07, 6.45) is 0.612. The first-order valence-electron chi connectivity index (χ1n) is 6.01. The number of hydrogen-bond acceptors (Lipinski definition) is 3. The van der Waals surface area contributed by atoms with Crippen LogP contribution in [0, 0.1) is 5.82 Å². The number of rotatable bonds is 7. The highest BCUT2D eigenvalue weighted by atomic mass is 35.5. The van der Waals surface area contributed by atoms with E-state index in [0.29, 0.717) is 18.0 Å². The maximum Gasteiger partial charge on any atom is 0.225 e. The van der Waals surface area contributed by atoms with Gasteiger partial charge < -0.3 is 15.4 Å². The lowest BCUT2D eigenvalue weighted by Crippen LogP contribution is -2.30. The Morgan fingerprint density at radius 1 is 1.50 bits per heavy atom. The van der Waals surface area contributed by atoms with Gasteiger partial charge in [-0.15, -0.1) is 0 Å². The van der Waals surface area contributed by atoms with Crippen molar-refractivity contribution in [3.8, 4) is 5.75 Å². The highest BCUT2D eigenvalue weighted by Crippen LogP contribution is 2.24. The highest BCUT2D eigenvalue weighted by Gasteiger charge is 2.11. The van der Waals surface area contributed by atoms with Gasteiger partial charge in [0, 0.05) is 20.0 Å². The first-order valence-corrected chi connectivity index (χ1v) is 6.79. The van der Waals surface area contributed by atoms with Crippen LogP contribution in [0.5, 0.6) is 5.75 Å². The highest BCUT2D eigenvalue weighted by molar-refractivity contribution is 7.80. The number of ether oxygens (including phenoxy) is 1. The Labute approximate surface area is 127 Å². The molecule has 0 spiro atoms. The van der Waals surface area contributed by atoms with Gasteiger partial charge in [0.15, 0.2) is 11.6 Å². The summed E-state index contributed by atoms with van der Waals surface area (Å²) >= 11 is 10.4. The van der Waals surface area contributed by atoms with Crippen LogP contribution in [-0.4, -0.2) is 36.0 Å². The molecule has 4 nitrogen and oxygen atoms in total. The van der Waals surface area contributed by atoms with Gasteiger partial charge in [-0.3, -0.25) is 4.79 Å². The number of amides is 1. The molecule has 110 valence electrons. The molecule has 0 aromatic heterocycles. The standard InChI is InChI=1S/C13H16ClFN2O2S/c1-17(7-5-11(16)20)12(18)6-8-19-10-4-2-3-9(14)13(10)15/h2-4H,5-8H2,1H3,(H2,16,20). The summed E-state index contributed by atoms with van der Waals surface area (Å²) in [7, 11) is 1.65. The molecule has 2 N–H and O–H groups in total. The van der Waals surface area contributed by atoms with E-state index in [1.807, 2.05) is 0 Å². The average Bonchev–Trinajstić information content (AvgIpc) is 2.40. The fourth-order valence-electron chi connectivity index (χ4n) is 1.44. The van der Waals surface area contributed by atoms with Crippen molar-refractivity contribution in [1.29, 1.82) is 0 Å². The SMILES string of the molecule is CN(CCC(N)=S)C(=O)CCOc1cccc(Cl)c1F. The average molecular weight is 319 g/mol. The maximum absolute atomic E-state index is 13.5. The van der Waals surface area contributed by atoms with Crippen molar-refractivity contribution >= 4 is 34.7 Å².